The molecule has 0 aromatic heterocycles. The number of ether oxygens (including phenoxy) is 2. The molecule has 0 aromatic rings. The molecule has 2 saturated heterocycles. The SMILES string of the molecule is O=C(NC1(C(=O)O)CCOCC1)C1CCCCO1. The van der Waals surface area contributed by atoms with Crippen LogP contribution in [-0.4, -0.2) is 48.4 Å². The summed E-state index contributed by atoms with van der Waals surface area (Å²) >= 11 is 0. The predicted molar refractivity (Wildman–Crippen MR) is 62.2 cm³/mol. The highest BCUT2D eigenvalue weighted by molar-refractivity contribution is 5.89. The normalized spacial score (nSPS) is 27.4. The lowest BCUT2D eigenvalue weighted by Crippen LogP contribution is -2.59. The van der Waals surface area contributed by atoms with Gasteiger partial charge in [-0.25, -0.2) is 4.79 Å². The molecule has 0 saturated carbocycles. The van der Waals surface area contributed by atoms with E-state index in [-0.39, 0.29) is 5.91 Å². The number of carboxylic acids is 1. The van der Waals surface area contributed by atoms with Crippen molar-refractivity contribution < 1.29 is 24.2 Å². The van der Waals surface area contributed by atoms with Crippen molar-refractivity contribution in [1.29, 1.82) is 0 Å². The highest BCUT2D eigenvalue weighted by atomic mass is 16.5. The molecule has 0 bridgehead atoms. The topological polar surface area (TPSA) is 84.9 Å². The molecule has 18 heavy (non-hydrogen) atoms. The fraction of sp³-hybridized carbons (Fsp3) is 0.833. The molecule has 1 atom stereocenters. The second-order valence-electron chi connectivity index (χ2n) is 4.84. The van der Waals surface area contributed by atoms with E-state index in [1.807, 2.05) is 0 Å². The average Bonchev–Trinajstić information content (AvgIpc) is 2.40. The van der Waals surface area contributed by atoms with Crippen LogP contribution in [0.2, 0.25) is 0 Å². The van der Waals surface area contributed by atoms with Gasteiger partial charge in [0, 0.05) is 32.7 Å². The molecule has 1 amide bonds. The van der Waals surface area contributed by atoms with Crippen LogP contribution >= 0.6 is 0 Å². The minimum Gasteiger partial charge on any atom is -0.480 e. The van der Waals surface area contributed by atoms with E-state index in [1.165, 1.54) is 0 Å². The molecule has 6 heteroatoms. The Kier molecular flexibility index (Phi) is 4.19. The molecule has 2 aliphatic rings. The van der Waals surface area contributed by atoms with E-state index in [0.29, 0.717) is 39.1 Å². The number of hydrogen-bond acceptors (Lipinski definition) is 4. The highest BCUT2D eigenvalue weighted by Crippen LogP contribution is 2.22. The zero-order valence-corrected chi connectivity index (χ0v) is 10.3. The molecule has 2 N–H and O–H groups in total. The number of nitrogens with one attached hydrogen (secondary N) is 1. The zero-order valence-electron chi connectivity index (χ0n) is 10.3. The van der Waals surface area contributed by atoms with Crippen LogP contribution in [0.5, 0.6) is 0 Å². The molecule has 2 rings (SSSR count). The van der Waals surface area contributed by atoms with Crippen molar-refractivity contribution >= 4 is 11.9 Å². The molecule has 0 aliphatic carbocycles. The summed E-state index contributed by atoms with van der Waals surface area (Å²) in [4.78, 5) is 23.4. The van der Waals surface area contributed by atoms with E-state index in [0.717, 1.165) is 12.8 Å². The number of carboxylic acid groups (broad SMARTS) is 1. The number of amides is 1. The van der Waals surface area contributed by atoms with Gasteiger partial charge in [-0.15, -0.1) is 0 Å². The van der Waals surface area contributed by atoms with Crippen molar-refractivity contribution in [3.05, 3.63) is 0 Å². The van der Waals surface area contributed by atoms with Crippen LogP contribution in [-0.2, 0) is 19.1 Å². The van der Waals surface area contributed by atoms with Crippen molar-refractivity contribution in [3.63, 3.8) is 0 Å². The molecule has 102 valence electrons. The van der Waals surface area contributed by atoms with Crippen LogP contribution in [0.4, 0.5) is 0 Å². The van der Waals surface area contributed by atoms with Gasteiger partial charge < -0.3 is 19.9 Å². The van der Waals surface area contributed by atoms with Gasteiger partial charge in [-0.2, -0.15) is 0 Å². The zero-order chi connectivity index (χ0) is 13.0. The summed E-state index contributed by atoms with van der Waals surface area (Å²) in [7, 11) is 0. The highest BCUT2D eigenvalue weighted by Gasteiger charge is 2.42. The van der Waals surface area contributed by atoms with Gasteiger partial charge in [0.15, 0.2) is 0 Å². The third-order valence-electron chi connectivity index (χ3n) is 3.59. The van der Waals surface area contributed by atoms with Crippen LogP contribution in [0.3, 0.4) is 0 Å². The Morgan fingerprint density at radius 2 is 1.89 bits per heavy atom. The summed E-state index contributed by atoms with van der Waals surface area (Å²) in [5.74, 6) is -1.30. The fourth-order valence-electron chi connectivity index (χ4n) is 2.38. The molecule has 0 aromatic carbocycles. The standard InChI is InChI=1S/C12H19NO5/c14-10(9-3-1-2-6-18-9)13-12(11(15)16)4-7-17-8-5-12/h9H,1-8H2,(H,13,14)(H,15,16). The lowest BCUT2D eigenvalue weighted by molar-refractivity contribution is -0.155. The van der Waals surface area contributed by atoms with Crippen molar-refractivity contribution in [2.24, 2.45) is 0 Å². The van der Waals surface area contributed by atoms with Crippen LogP contribution < -0.4 is 5.32 Å². The molecule has 2 aliphatic heterocycles. The van der Waals surface area contributed by atoms with Crippen LogP contribution in [0, 0.1) is 0 Å². The number of carbonyl (C=O) groups is 2. The quantitative estimate of drug-likeness (QED) is 0.760. The van der Waals surface area contributed by atoms with Crippen molar-refractivity contribution in [2.45, 2.75) is 43.7 Å². The lowest BCUT2D eigenvalue weighted by Gasteiger charge is -2.35. The second kappa shape index (κ2) is 5.67. The fourth-order valence-corrected chi connectivity index (χ4v) is 2.38. The minimum absolute atomic E-state index is 0.306. The van der Waals surface area contributed by atoms with Gasteiger partial charge >= 0.3 is 5.97 Å². The first-order valence-electron chi connectivity index (χ1n) is 6.39. The van der Waals surface area contributed by atoms with E-state index in [4.69, 9.17) is 9.47 Å². The van der Waals surface area contributed by atoms with Gasteiger partial charge in [0.05, 0.1) is 0 Å². The number of hydrogen-bond donors (Lipinski definition) is 2. The monoisotopic (exact) mass is 257 g/mol. The Labute approximate surface area is 106 Å². The number of rotatable bonds is 3. The summed E-state index contributed by atoms with van der Waals surface area (Å²) in [5.41, 5.74) is -1.18. The average molecular weight is 257 g/mol. The Morgan fingerprint density at radius 1 is 1.17 bits per heavy atom. The van der Waals surface area contributed by atoms with E-state index in [1.54, 1.807) is 0 Å². The smallest absolute Gasteiger partial charge is 0.329 e. The van der Waals surface area contributed by atoms with Gasteiger partial charge in [0.1, 0.15) is 11.6 Å². The molecule has 2 heterocycles. The van der Waals surface area contributed by atoms with E-state index in [9.17, 15) is 14.7 Å². The third kappa shape index (κ3) is 2.81. The van der Waals surface area contributed by atoms with E-state index in [2.05, 4.69) is 5.32 Å². The van der Waals surface area contributed by atoms with Gasteiger partial charge in [-0.1, -0.05) is 0 Å². The summed E-state index contributed by atoms with van der Waals surface area (Å²) < 4.78 is 10.5. The Bertz CT molecular complexity index is 318. The summed E-state index contributed by atoms with van der Waals surface area (Å²) in [6.07, 6.45) is 2.68. The lowest BCUT2D eigenvalue weighted by atomic mass is 9.89. The van der Waals surface area contributed by atoms with Gasteiger partial charge in [-0.05, 0) is 19.3 Å². The van der Waals surface area contributed by atoms with Gasteiger partial charge in [0.2, 0.25) is 5.91 Å². The van der Waals surface area contributed by atoms with Crippen molar-refractivity contribution in [2.75, 3.05) is 19.8 Å². The minimum atomic E-state index is -1.18. The van der Waals surface area contributed by atoms with Crippen molar-refractivity contribution in [3.8, 4) is 0 Å². The Morgan fingerprint density at radius 3 is 2.44 bits per heavy atom. The molecule has 0 radical (unpaired) electrons. The largest absolute Gasteiger partial charge is 0.480 e. The second-order valence-corrected chi connectivity index (χ2v) is 4.84. The molecule has 6 nitrogen and oxygen atoms in total. The van der Waals surface area contributed by atoms with Gasteiger partial charge in [-0.3, -0.25) is 4.79 Å². The van der Waals surface area contributed by atoms with E-state index < -0.39 is 17.6 Å². The third-order valence-corrected chi connectivity index (χ3v) is 3.59. The first-order valence-corrected chi connectivity index (χ1v) is 6.39. The first-order chi connectivity index (χ1) is 8.64. The predicted octanol–water partition coefficient (Wildman–Crippen LogP) is 0.305. The summed E-state index contributed by atoms with van der Waals surface area (Å²) in [6.45, 7) is 1.29. The maximum absolute atomic E-state index is 12.0. The summed E-state index contributed by atoms with van der Waals surface area (Å²) in [5, 5.41) is 12.0. The molecule has 1 unspecified atom stereocenters. The molecule has 0 spiro atoms. The van der Waals surface area contributed by atoms with Crippen LogP contribution in [0.1, 0.15) is 32.1 Å². The maximum atomic E-state index is 12.0. The maximum Gasteiger partial charge on any atom is 0.329 e. The summed E-state index contributed by atoms with van der Waals surface area (Å²) in [6, 6.07) is 0. The van der Waals surface area contributed by atoms with Crippen molar-refractivity contribution in [1.82, 2.24) is 5.32 Å². The van der Waals surface area contributed by atoms with E-state index >= 15 is 0 Å². The van der Waals surface area contributed by atoms with Crippen LogP contribution in [0.15, 0.2) is 0 Å². The molecular weight excluding hydrogens is 238 g/mol. The molecular formula is C12H19NO5. The number of aliphatic carboxylic acids is 1. The number of carbonyl (C=O) groups excluding carboxylic acids is 1. The first kappa shape index (κ1) is 13.3. The van der Waals surface area contributed by atoms with Gasteiger partial charge in [0.25, 0.3) is 0 Å². The molecule has 2 fully saturated rings. The Balaban J connectivity index is 1.99. The van der Waals surface area contributed by atoms with Crippen LogP contribution in [0.25, 0.3) is 0 Å². The Hall–Kier alpha value is -1.14.